The third kappa shape index (κ3) is 2.78. The number of fused-ring (bicyclic) bond motifs is 2. The summed E-state index contributed by atoms with van der Waals surface area (Å²) < 4.78 is 0. The van der Waals surface area contributed by atoms with Gasteiger partial charge in [-0.3, -0.25) is 9.59 Å². The first kappa shape index (κ1) is 16.4. The molecule has 4 rings (SSSR count). The summed E-state index contributed by atoms with van der Waals surface area (Å²) in [6.45, 7) is 4.94. The average Bonchev–Trinajstić information content (AvgIpc) is 3.21. The van der Waals surface area contributed by atoms with E-state index in [-0.39, 0.29) is 17.1 Å². The molecular weight excluding hydrogens is 334 g/mol. The number of likely N-dealkylation sites (tertiary alicyclic amines) is 1. The Kier molecular flexibility index (Phi) is 3.95. The second-order valence-corrected chi connectivity index (χ2v) is 8.21. The van der Waals surface area contributed by atoms with Crippen molar-refractivity contribution in [3.63, 3.8) is 0 Å². The van der Waals surface area contributed by atoms with Crippen LogP contribution in [0.3, 0.4) is 0 Å². The van der Waals surface area contributed by atoms with Crippen LogP contribution >= 0.6 is 11.3 Å². The van der Waals surface area contributed by atoms with E-state index in [0.717, 1.165) is 43.7 Å². The van der Waals surface area contributed by atoms with Crippen molar-refractivity contribution in [1.29, 1.82) is 0 Å². The molecule has 2 aromatic heterocycles. The van der Waals surface area contributed by atoms with Gasteiger partial charge in [-0.1, -0.05) is 0 Å². The average molecular weight is 355 g/mol. The third-order valence-electron chi connectivity index (χ3n) is 5.39. The molecule has 1 unspecified atom stereocenters. The van der Waals surface area contributed by atoms with E-state index >= 15 is 0 Å². The smallest absolute Gasteiger partial charge is 0.263 e. The number of carbonyl (C=O) groups excluding carboxylic acids is 2. The Labute approximate surface area is 151 Å². The maximum absolute atomic E-state index is 12.9. The topological polar surface area (TPSA) is 63.2 Å². The number of amides is 1. The third-order valence-corrected chi connectivity index (χ3v) is 6.56. The van der Waals surface area contributed by atoms with Gasteiger partial charge in [0.05, 0.1) is 15.4 Å². The van der Waals surface area contributed by atoms with E-state index in [1.165, 1.54) is 23.8 Å². The molecular formula is C19H21N3O2S. The maximum atomic E-state index is 12.9. The standard InChI is InChI=1S/C19H21N3O2S/c1-12(23)15-4-5-16(25-15)18(24)22-9-3-7-19(11-22)8-6-14-10-20-13(2)21-17(14)19/h4-5,10H,3,6-9,11H2,1-2H3. The first-order valence-electron chi connectivity index (χ1n) is 8.72. The highest BCUT2D eigenvalue weighted by molar-refractivity contribution is 7.15. The molecule has 25 heavy (non-hydrogen) atoms. The molecule has 2 aliphatic rings. The van der Waals surface area contributed by atoms with Crippen molar-refractivity contribution in [2.24, 2.45) is 0 Å². The summed E-state index contributed by atoms with van der Waals surface area (Å²) in [7, 11) is 0. The largest absolute Gasteiger partial charge is 0.337 e. The number of Topliss-reactive ketones (excluding diaryl/α,β-unsaturated/α-hetero) is 1. The summed E-state index contributed by atoms with van der Waals surface area (Å²) in [6.07, 6.45) is 6.03. The zero-order chi connectivity index (χ0) is 17.6. The SMILES string of the molecule is CC(=O)c1ccc(C(=O)N2CCCC3(CCc4cnc(C)nc43)C2)s1. The molecule has 2 aromatic rings. The molecule has 1 fully saturated rings. The molecule has 0 bridgehead atoms. The van der Waals surface area contributed by atoms with Crippen molar-refractivity contribution >= 4 is 23.0 Å². The Hall–Kier alpha value is -2.08. The van der Waals surface area contributed by atoms with Crippen LogP contribution in [0.1, 0.15) is 62.6 Å². The van der Waals surface area contributed by atoms with Crippen LogP contribution in [0.15, 0.2) is 18.3 Å². The molecule has 0 aromatic carbocycles. The second-order valence-electron chi connectivity index (χ2n) is 7.12. The van der Waals surface area contributed by atoms with E-state index in [1.54, 1.807) is 12.1 Å². The van der Waals surface area contributed by atoms with Gasteiger partial charge < -0.3 is 4.90 Å². The van der Waals surface area contributed by atoms with Crippen LogP contribution in [0.5, 0.6) is 0 Å². The van der Waals surface area contributed by atoms with Crippen LogP contribution in [0, 0.1) is 6.92 Å². The highest BCUT2D eigenvalue weighted by Gasteiger charge is 2.44. The fraction of sp³-hybridized carbons (Fsp3) is 0.474. The first-order valence-corrected chi connectivity index (χ1v) is 9.53. The fourth-order valence-corrected chi connectivity index (χ4v) is 5.00. The number of rotatable bonds is 2. The molecule has 3 heterocycles. The Balaban J connectivity index is 1.61. The Bertz CT molecular complexity index is 856. The van der Waals surface area contributed by atoms with E-state index in [2.05, 4.69) is 4.98 Å². The van der Waals surface area contributed by atoms with Crippen LogP contribution in [0.4, 0.5) is 0 Å². The van der Waals surface area contributed by atoms with Gasteiger partial charge in [-0.25, -0.2) is 9.97 Å². The minimum atomic E-state index is -0.0302. The molecule has 1 spiro atoms. The van der Waals surface area contributed by atoms with Crippen LogP contribution in [-0.2, 0) is 11.8 Å². The summed E-state index contributed by atoms with van der Waals surface area (Å²) in [5.74, 6) is 0.847. The van der Waals surface area contributed by atoms with Crippen molar-refractivity contribution in [3.05, 3.63) is 45.2 Å². The lowest BCUT2D eigenvalue weighted by Crippen LogP contribution is -2.47. The maximum Gasteiger partial charge on any atom is 0.263 e. The Morgan fingerprint density at radius 2 is 2.04 bits per heavy atom. The molecule has 1 saturated heterocycles. The Morgan fingerprint density at radius 1 is 1.24 bits per heavy atom. The normalized spacial score (nSPS) is 22.2. The van der Waals surface area contributed by atoms with Crippen molar-refractivity contribution in [2.75, 3.05) is 13.1 Å². The van der Waals surface area contributed by atoms with E-state index in [4.69, 9.17) is 4.98 Å². The quantitative estimate of drug-likeness (QED) is 0.776. The lowest BCUT2D eigenvalue weighted by molar-refractivity contribution is 0.0638. The van der Waals surface area contributed by atoms with Crippen molar-refractivity contribution in [1.82, 2.24) is 14.9 Å². The van der Waals surface area contributed by atoms with Gasteiger partial charge in [-0.2, -0.15) is 0 Å². The van der Waals surface area contributed by atoms with Crippen molar-refractivity contribution < 1.29 is 9.59 Å². The minimum Gasteiger partial charge on any atom is -0.337 e. The van der Waals surface area contributed by atoms with Crippen LogP contribution in [0.2, 0.25) is 0 Å². The number of ketones is 1. The first-order chi connectivity index (χ1) is 12.0. The molecule has 6 heteroatoms. The number of thiophene rings is 1. The summed E-state index contributed by atoms with van der Waals surface area (Å²) in [5.41, 5.74) is 2.35. The zero-order valence-electron chi connectivity index (χ0n) is 14.5. The van der Waals surface area contributed by atoms with E-state index in [9.17, 15) is 9.59 Å². The molecule has 1 atom stereocenters. The predicted molar refractivity (Wildman–Crippen MR) is 96.2 cm³/mol. The monoisotopic (exact) mass is 355 g/mol. The van der Waals surface area contributed by atoms with Gasteiger partial charge in [0.1, 0.15) is 5.82 Å². The predicted octanol–water partition coefficient (Wildman–Crippen LogP) is 3.17. The molecule has 1 aliphatic carbocycles. The Morgan fingerprint density at radius 3 is 2.80 bits per heavy atom. The number of hydrogen-bond donors (Lipinski definition) is 0. The van der Waals surface area contributed by atoms with Gasteiger partial charge in [0, 0.05) is 24.7 Å². The van der Waals surface area contributed by atoms with Gasteiger partial charge in [-0.15, -0.1) is 11.3 Å². The fourth-order valence-electron chi connectivity index (χ4n) is 4.13. The van der Waals surface area contributed by atoms with Crippen molar-refractivity contribution in [3.8, 4) is 0 Å². The number of nitrogens with zero attached hydrogens (tertiary/aromatic N) is 3. The number of aromatic nitrogens is 2. The van der Waals surface area contributed by atoms with Crippen LogP contribution in [-0.4, -0.2) is 39.6 Å². The molecule has 130 valence electrons. The van der Waals surface area contributed by atoms with Gasteiger partial charge >= 0.3 is 0 Å². The van der Waals surface area contributed by atoms with Crippen LogP contribution in [0.25, 0.3) is 0 Å². The van der Waals surface area contributed by atoms with E-state index in [0.29, 0.717) is 16.3 Å². The molecule has 0 radical (unpaired) electrons. The number of piperidine rings is 1. The lowest BCUT2D eigenvalue weighted by Gasteiger charge is -2.40. The highest BCUT2D eigenvalue weighted by Crippen LogP contribution is 2.44. The summed E-state index contributed by atoms with van der Waals surface area (Å²) in [5, 5.41) is 0. The minimum absolute atomic E-state index is 0.0102. The lowest BCUT2D eigenvalue weighted by atomic mass is 9.77. The molecule has 1 aliphatic heterocycles. The van der Waals surface area contributed by atoms with Gasteiger partial charge in [0.2, 0.25) is 0 Å². The van der Waals surface area contributed by atoms with Gasteiger partial charge in [0.15, 0.2) is 5.78 Å². The number of hydrogen-bond acceptors (Lipinski definition) is 5. The molecule has 0 saturated carbocycles. The van der Waals surface area contributed by atoms with E-state index < -0.39 is 0 Å². The van der Waals surface area contributed by atoms with Gasteiger partial charge in [-0.05, 0) is 57.2 Å². The summed E-state index contributed by atoms with van der Waals surface area (Å²) in [4.78, 5) is 36.8. The van der Waals surface area contributed by atoms with E-state index in [1.807, 2.05) is 18.0 Å². The van der Waals surface area contributed by atoms with Crippen molar-refractivity contribution in [2.45, 2.75) is 44.9 Å². The summed E-state index contributed by atoms with van der Waals surface area (Å²) in [6, 6.07) is 3.53. The van der Waals surface area contributed by atoms with Gasteiger partial charge in [0.25, 0.3) is 5.91 Å². The number of aryl methyl sites for hydroxylation is 2. The summed E-state index contributed by atoms with van der Waals surface area (Å²) >= 11 is 1.30. The second kappa shape index (κ2) is 6.02. The van der Waals surface area contributed by atoms with Crippen LogP contribution < -0.4 is 0 Å². The molecule has 5 nitrogen and oxygen atoms in total. The molecule has 1 amide bonds. The number of carbonyl (C=O) groups is 2. The highest BCUT2D eigenvalue weighted by atomic mass is 32.1. The zero-order valence-corrected chi connectivity index (χ0v) is 15.4. The molecule has 0 N–H and O–H groups in total.